The van der Waals surface area contributed by atoms with Crippen molar-refractivity contribution in [3.8, 4) is 11.5 Å². The number of aryl methyl sites for hydroxylation is 1. The van der Waals surface area contributed by atoms with Crippen molar-refractivity contribution in [1.29, 1.82) is 5.41 Å². The maximum Gasteiger partial charge on any atom is 0.268 e. The zero-order valence-electron chi connectivity index (χ0n) is 22.9. The van der Waals surface area contributed by atoms with E-state index in [1.54, 1.807) is 48.1 Å². The summed E-state index contributed by atoms with van der Waals surface area (Å²) in [6, 6.07) is 22.0. The van der Waals surface area contributed by atoms with Crippen LogP contribution in [0.25, 0.3) is 0 Å². The van der Waals surface area contributed by atoms with Gasteiger partial charge in [-0.3, -0.25) is 4.79 Å². The molecule has 7 nitrogen and oxygen atoms in total. The van der Waals surface area contributed by atoms with Gasteiger partial charge in [0.1, 0.15) is 29.1 Å². The van der Waals surface area contributed by atoms with E-state index in [-0.39, 0.29) is 11.7 Å². The fourth-order valence-corrected chi connectivity index (χ4v) is 4.01. The minimum atomic E-state index is -0.547. The molecule has 4 rings (SSSR count). The zero-order valence-corrected chi connectivity index (χ0v) is 22.9. The lowest BCUT2D eigenvalue weighted by atomic mass is 10.0. The zero-order chi connectivity index (χ0) is 28.4. The lowest BCUT2D eigenvalue weighted by Gasteiger charge is -2.27. The van der Waals surface area contributed by atoms with Gasteiger partial charge in [-0.1, -0.05) is 26.0 Å². The lowest BCUT2D eigenvalue weighted by molar-refractivity contribution is 0.0873. The van der Waals surface area contributed by atoms with Gasteiger partial charge in [0.15, 0.2) is 0 Å². The maximum absolute atomic E-state index is 13.3. The van der Waals surface area contributed by atoms with Gasteiger partial charge in [-0.15, -0.1) is 0 Å². The Bertz CT molecular complexity index is 1380. The molecule has 0 radical (unpaired) electrons. The minimum Gasteiger partial charge on any atom is -0.497 e. The molecule has 0 saturated heterocycles. The van der Waals surface area contributed by atoms with Crippen LogP contribution in [0, 0.1) is 11.2 Å². The first-order chi connectivity index (χ1) is 18.9. The summed E-state index contributed by atoms with van der Waals surface area (Å²) < 4.78 is 26.8. The largest absolute Gasteiger partial charge is 0.497 e. The second-order valence-electron chi connectivity index (χ2n) is 8.61. The number of methoxy groups -OCH3 is 1. The van der Waals surface area contributed by atoms with Crippen LogP contribution in [-0.4, -0.2) is 29.8 Å². The monoisotopic (exact) mass is 530 g/mol. The van der Waals surface area contributed by atoms with E-state index < -0.39 is 12.1 Å². The number of amides is 1. The highest BCUT2D eigenvalue weighted by atomic mass is 19.1. The molecule has 0 fully saturated rings. The molecule has 4 aromatic rings. The molecule has 1 aromatic heterocycles. The Morgan fingerprint density at radius 1 is 1.00 bits per heavy atom. The molecule has 1 heterocycles. The van der Waals surface area contributed by atoms with E-state index in [1.807, 2.05) is 64.3 Å². The van der Waals surface area contributed by atoms with Gasteiger partial charge in [0.05, 0.1) is 13.2 Å². The number of halogens is 1. The quantitative estimate of drug-likeness (QED) is 0.195. The third-order valence-corrected chi connectivity index (χ3v) is 5.98. The van der Waals surface area contributed by atoms with Crippen LogP contribution < -0.4 is 20.1 Å². The SMILES string of the molecule is CC.COc1cccc([C@@H](Oc2ccc(Nc3ccc(F)cc3)c(C=N)c2)C(C)NC(=O)c2cccn2C)c1. The highest BCUT2D eigenvalue weighted by Crippen LogP contribution is 2.31. The average molecular weight is 531 g/mol. The van der Waals surface area contributed by atoms with Crippen molar-refractivity contribution >= 4 is 23.5 Å². The Balaban J connectivity index is 0.00000205. The molecule has 39 heavy (non-hydrogen) atoms. The molecule has 3 aromatic carbocycles. The Hall–Kier alpha value is -4.59. The number of carbonyl (C=O) groups excluding carboxylic acids is 1. The van der Waals surface area contributed by atoms with Gasteiger partial charge < -0.3 is 30.1 Å². The number of hydrogen-bond acceptors (Lipinski definition) is 5. The molecule has 3 N–H and O–H groups in total. The number of rotatable bonds is 10. The summed E-state index contributed by atoms with van der Waals surface area (Å²) in [4.78, 5) is 12.9. The Morgan fingerprint density at radius 3 is 2.38 bits per heavy atom. The van der Waals surface area contributed by atoms with Crippen LogP contribution in [0.15, 0.2) is 85.1 Å². The molecule has 0 aliphatic carbocycles. The van der Waals surface area contributed by atoms with Crippen LogP contribution >= 0.6 is 0 Å². The number of ether oxygens (including phenoxy) is 2. The second kappa shape index (κ2) is 13.8. The highest BCUT2D eigenvalue weighted by molar-refractivity contribution is 5.93. The van der Waals surface area contributed by atoms with E-state index in [4.69, 9.17) is 14.9 Å². The molecule has 1 unspecified atom stereocenters. The lowest BCUT2D eigenvalue weighted by Crippen LogP contribution is -2.39. The van der Waals surface area contributed by atoms with Crippen molar-refractivity contribution in [2.45, 2.75) is 32.9 Å². The number of aromatic nitrogens is 1. The first-order valence-electron chi connectivity index (χ1n) is 12.8. The number of nitrogens with one attached hydrogen (secondary N) is 3. The number of anilines is 2. The van der Waals surface area contributed by atoms with Crippen LogP contribution in [0.3, 0.4) is 0 Å². The van der Waals surface area contributed by atoms with E-state index in [0.717, 1.165) is 5.56 Å². The second-order valence-corrected chi connectivity index (χ2v) is 8.61. The van der Waals surface area contributed by atoms with Gasteiger partial charge in [-0.05, 0) is 79.2 Å². The summed E-state index contributed by atoms with van der Waals surface area (Å²) >= 11 is 0. The predicted molar refractivity (Wildman–Crippen MR) is 154 cm³/mol. The van der Waals surface area contributed by atoms with Crippen LogP contribution in [0.2, 0.25) is 0 Å². The van der Waals surface area contributed by atoms with Gasteiger partial charge in [0.2, 0.25) is 0 Å². The van der Waals surface area contributed by atoms with Crippen LogP contribution in [0.4, 0.5) is 15.8 Å². The third kappa shape index (κ3) is 7.47. The van der Waals surface area contributed by atoms with Crippen molar-refractivity contribution in [3.63, 3.8) is 0 Å². The fraction of sp³-hybridized carbons (Fsp3) is 0.226. The molecule has 204 valence electrons. The van der Waals surface area contributed by atoms with E-state index in [9.17, 15) is 9.18 Å². The number of carbonyl (C=O) groups is 1. The molecule has 0 bridgehead atoms. The molecular formula is C31H35FN4O3. The maximum atomic E-state index is 13.3. The van der Waals surface area contributed by atoms with Gasteiger partial charge in [0.25, 0.3) is 5.91 Å². The number of hydrogen-bond donors (Lipinski definition) is 3. The average Bonchev–Trinajstić information content (AvgIpc) is 3.40. The van der Waals surface area contributed by atoms with Crippen LogP contribution in [0.1, 0.15) is 48.5 Å². The summed E-state index contributed by atoms with van der Waals surface area (Å²) in [5.41, 5.74) is 3.33. The van der Waals surface area contributed by atoms with Crippen molar-refractivity contribution in [3.05, 3.63) is 108 Å². The van der Waals surface area contributed by atoms with E-state index in [1.165, 1.54) is 18.3 Å². The normalized spacial score (nSPS) is 11.8. The summed E-state index contributed by atoms with van der Waals surface area (Å²) in [6.07, 6.45) is 2.49. The summed E-state index contributed by atoms with van der Waals surface area (Å²) in [5, 5.41) is 14.1. The van der Waals surface area contributed by atoms with E-state index >= 15 is 0 Å². The van der Waals surface area contributed by atoms with Crippen molar-refractivity contribution in [2.24, 2.45) is 7.05 Å². The van der Waals surface area contributed by atoms with E-state index in [2.05, 4.69) is 10.6 Å². The van der Waals surface area contributed by atoms with Crippen molar-refractivity contribution in [1.82, 2.24) is 9.88 Å². The summed E-state index contributed by atoms with van der Waals surface area (Å²) in [5.74, 6) is 0.663. The van der Waals surface area contributed by atoms with Crippen LogP contribution in [0.5, 0.6) is 11.5 Å². The minimum absolute atomic E-state index is 0.212. The number of benzene rings is 3. The summed E-state index contributed by atoms with van der Waals surface area (Å²) in [7, 11) is 3.41. The smallest absolute Gasteiger partial charge is 0.268 e. The molecule has 2 atom stereocenters. The molecular weight excluding hydrogens is 495 g/mol. The standard InChI is InChI=1S/C29H29FN4O3.C2H6/c1-19(32-29(35)27-8-5-15-34(27)2)28(20-6-4-7-24(16-20)36-3)37-25-13-14-26(21(17-25)18-31)33-23-11-9-22(30)10-12-23;1-2/h4-19,28,31,33H,1-3H3,(H,32,35);1-2H3/t19?,28-;/m0./s1. The van der Waals surface area contributed by atoms with Crippen molar-refractivity contribution < 1.29 is 18.7 Å². The van der Waals surface area contributed by atoms with Gasteiger partial charge >= 0.3 is 0 Å². The van der Waals surface area contributed by atoms with Gasteiger partial charge in [-0.25, -0.2) is 4.39 Å². The Kier molecular flexibility index (Phi) is 10.3. The van der Waals surface area contributed by atoms with Gasteiger partial charge in [0, 0.05) is 36.4 Å². The number of nitrogens with zero attached hydrogens (tertiary/aromatic N) is 1. The Morgan fingerprint density at radius 2 is 1.74 bits per heavy atom. The topological polar surface area (TPSA) is 88.4 Å². The predicted octanol–water partition coefficient (Wildman–Crippen LogP) is 6.88. The molecule has 0 aliphatic rings. The Labute approximate surface area is 229 Å². The van der Waals surface area contributed by atoms with Crippen LogP contribution in [-0.2, 0) is 7.05 Å². The molecule has 8 heteroatoms. The molecule has 0 saturated carbocycles. The first-order valence-corrected chi connectivity index (χ1v) is 12.8. The highest BCUT2D eigenvalue weighted by Gasteiger charge is 2.25. The van der Waals surface area contributed by atoms with Crippen molar-refractivity contribution in [2.75, 3.05) is 12.4 Å². The van der Waals surface area contributed by atoms with Gasteiger partial charge in [-0.2, -0.15) is 0 Å². The molecule has 0 aliphatic heterocycles. The molecule has 0 spiro atoms. The van der Waals surface area contributed by atoms with E-state index in [0.29, 0.717) is 34.1 Å². The molecule has 1 amide bonds. The first kappa shape index (κ1) is 29.0. The third-order valence-electron chi connectivity index (χ3n) is 5.98. The summed E-state index contributed by atoms with van der Waals surface area (Å²) in [6.45, 7) is 5.88. The fourth-order valence-electron chi connectivity index (χ4n) is 4.01.